The third-order valence-corrected chi connectivity index (χ3v) is 14.1. The lowest BCUT2D eigenvalue weighted by molar-refractivity contribution is -0.140. The summed E-state index contributed by atoms with van der Waals surface area (Å²) in [5, 5.41) is 38.8. The summed E-state index contributed by atoms with van der Waals surface area (Å²) in [4.78, 5) is 49.7. The first-order chi connectivity index (χ1) is 31.4. The Kier molecular flexibility index (Phi) is 21.7. The molecule has 350 valence electrons. The maximum Gasteiger partial charge on any atom is 0.326 e. The average Bonchev–Trinajstić information content (AvgIpc) is 3.93. The summed E-state index contributed by atoms with van der Waals surface area (Å²) in [6, 6.07) is 30.3. The van der Waals surface area contributed by atoms with Gasteiger partial charge in [-0.15, -0.1) is 0 Å². The van der Waals surface area contributed by atoms with Gasteiger partial charge in [0.25, 0.3) is 11.8 Å². The maximum absolute atomic E-state index is 13.2. The predicted molar refractivity (Wildman–Crippen MR) is 275 cm³/mol. The van der Waals surface area contributed by atoms with Gasteiger partial charge in [0.1, 0.15) is 12.1 Å². The van der Waals surface area contributed by atoms with Gasteiger partial charge in [0.2, 0.25) is 0 Å². The molecule has 2 aliphatic rings. The molecule has 65 heavy (non-hydrogen) atoms. The lowest BCUT2D eigenvalue weighted by Gasteiger charge is -2.19. The van der Waals surface area contributed by atoms with E-state index >= 15 is 0 Å². The molecule has 6 atom stereocenters. The summed E-state index contributed by atoms with van der Waals surface area (Å²) < 4.78 is 0. The van der Waals surface area contributed by atoms with Gasteiger partial charge in [0, 0.05) is 58.2 Å². The van der Waals surface area contributed by atoms with Crippen molar-refractivity contribution in [3.63, 3.8) is 0 Å². The van der Waals surface area contributed by atoms with E-state index in [0.29, 0.717) is 71.9 Å². The number of aryl methyl sites for hydroxylation is 2. The fraction of sp³-hybridized carbons (Fsp3) is 0.429. The number of hydrogen-bond acceptors (Lipinski definition) is 12. The van der Waals surface area contributed by atoms with Gasteiger partial charge in [0.15, 0.2) is 0 Å². The molecule has 16 heteroatoms. The Labute approximate surface area is 403 Å². The number of nitrogens with one attached hydrogen (secondary N) is 6. The number of carboxylic acids is 2. The fourth-order valence-electron chi connectivity index (χ4n) is 7.75. The molecule has 0 spiro atoms. The van der Waals surface area contributed by atoms with Crippen molar-refractivity contribution in [3.8, 4) is 0 Å². The van der Waals surface area contributed by atoms with E-state index in [0.717, 1.165) is 60.4 Å². The Bertz CT molecular complexity index is 2140. The number of aliphatic carboxylic acids is 2. The summed E-state index contributed by atoms with van der Waals surface area (Å²) in [6.45, 7) is 3.33. The summed E-state index contributed by atoms with van der Waals surface area (Å²) in [6.07, 6.45) is 8.76. The van der Waals surface area contributed by atoms with Crippen molar-refractivity contribution >= 4 is 83.9 Å². The molecule has 2 aliphatic heterocycles. The highest BCUT2D eigenvalue weighted by Crippen LogP contribution is 2.23. The topological polar surface area (TPSA) is 181 Å². The molecule has 8 N–H and O–H groups in total. The fourth-order valence-corrected chi connectivity index (χ4v) is 9.37. The van der Waals surface area contributed by atoms with Crippen LogP contribution in [-0.2, 0) is 28.9 Å². The van der Waals surface area contributed by atoms with Crippen LogP contribution in [0.3, 0.4) is 0 Å². The molecule has 0 saturated carbocycles. The van der Waals surface area contributed by atoms with Crippen LogP contribution in [0.2, 0.25) is 0 Å². The molecule has 4 aromatic carbocycles. The second-order valence-corrected chi connectivity index (χ2v) is 19.6. The van der Waals surface area contributed by atoms with Crippen molar-refractivity contribution in [2.75, 3.05) is 60.8 Å². The van der Waals surface area contributed by atoms with Crippen molar-refractivity contribution in [1.82, 2.24) is 21.3 Å². The number of amides is 2. The Balaban J connectivity index is 0.000000244. The number of anilines is 2. The standard InChI is InChI=1S/C25H33N3O3S2.C24H31N3O3S2/c1-33-14-12-21(25(30)31)28-24(29)20-15-19(27-16-22-23(32)11-13-26-22)10-9-18(20)8-7-17-5-3-2-4-6-17;1-32-12-10-20(24(29)30)27-23(28)19-14-18(26-15-21-22(31)9-11-25-21)8-7-17(19)13-16-5-3-2-4-6-16/h2-6,9-10,15,21-23,26-27,32H,7-8,11-14,16H2,1H3,(H,28,29)(H,30,31);2-8,14,20-22,25-26,31H,9-13,15H2,1H3,(H,27,28)(H,29,30)/t21-,22?,23?;20-,21?,22?/m00/s1. The van der Waals surface area contributed by atoms with E-state index in [1.807, 2.05) is 97.4 Å². The Morgan fingerprint density at radius 3 is 1.51 bits per heavy atom. The summed E-state index contributed by atoms with van der Waals surface area (Å²) in [7, 11) is 0. The van der Waals surface area contributed by atoms with Crippen LogP contribution in [0.25, 0.3) is 0 Å². The number of rotatable bonds is 23. The molecule has 0 bridgehead atoms. The molecular weight excluding hydrogens is 897 g/mol. The van der Waals surface area contributed by atoms with Gasteiger partial charge in [-0.2, -0.15) is 48.8 Å². The van der Waals surface area contributed by atoms with E-state index in [1.54, 1.807) is 23.5 Å². The zero-order chi connectivity index (χ0) is 46.6. The van der Waals surface area contributed by atoms with E-state index in [9.17, 15) is 29.4 Å². The van der Waals surface area contributed by atoms with Gasteiger partial charge in [-0.1, -0.05) is 72.8 Å². The van der Waals surface area contributed by atoms with E-state index in [2.05, 4.69) is 69.3 Å². The van der Waals surface area contributed by atoms with Crippen LogP contribution < -0.4 is 31.9 Å². The number of benzene rings is 4. The molecule has 0 aromatic heterocycles. The van der Waals surface area contributed by atoms with E-state index in [1.165, 1.54) is 5.56 Å². The highest BCUT2D eigenvalue weighted by Gasteiger charge is 2.26. The Morgan fingerprint density at radius 2 is 1.08 bits per heavy atom. The second-order valence-electron chi connectivity index (χ2n) is 16.3. The first kappa shape index (κ1) is 51.7. The van der Waals surface area contributed by atoms with E-state index in [4.69, 9.17) is 0 Å². The monoisotopic (exact) mass is 960 g/mol. The van der Waals surface area contributed by atoms with Gasteiger partial charge in [-0.25, -0.2) is 9.59 Å². The number of thiol groups is 2. The van der Waals surface area contributed by atoms with Gasteiger partial charge in [-0.05, 0) is 129 Å². The van der Waals surface area contributed by atoms with Crippen LogP contribution in [-0.4, -0.2) is 119 Å². The maximum atomic E-state index is 13.2. The SMILES string of the molecule is CSCC[C@H](NC(=O)c1cc(NCC2NCCC2S)ccc1CCc1ccccc1)C(=O)O.CSCC[C@H](NC(=O)c1cc(NCC2NCCC2S)ccc1Cc1ccccc1)C(=O)O. The van der Waals surface area contributed by atoms with E-state index < -0.39 is 24.0 Å². The van der Waals surface area contributed by atoms with Crippen LogP contribution in [0, 0.1) is 0 Å². The van der Waals surface area contributed by atoms with Crippen LogP contribution >= 0.6 is 48.8 Å². The minimum atomic E-state index is -1.02. The molecule has 6 rings (SSSR count). The van der Waals surface area contributed by atoms with Crippen molar-refractivity contribution in [2.24, 2.45) is 0 Å². The number of carboxylic acid groups (broad SMARTS) is 2. The molecule has 0 aliphatic carbocycles. The molecule has 12 nitrogen and oxygen atoms in total. The van der Waals surface area contributed by atoms with Crippen molar-refractivity contribution in [3.05, 3.63) is 130 Å². The quantitative estimate of drug-likeness (QED) is 0.0354. The van der Waals surface area contributed by atoms with Gasteiger partial charge >= 0.3 is 11.9 Å². The minimum Gasteiger partial charge on any atom is -0.480 e. The number of carbonyl (C=O) groups excluding carboxylic acids is 2. The van der Waals surface area contributed by atoms with Crippen molar-refractivity contribution in [2.45, 2.75) is 79.6 Å². The minimum absolute atomic E-state index is 0.266. The summed E-state index contributed by atoms with van der Waals surface area (Å²) >= 11 is 12.4. The number of carbonyl (C=O) groups is 4. The van der Waals surface area contributed by atoms with E-state index in [-0.39, 0.29) is 23.9 Å². The van der Waals surface area contributed by atoms with Crippen molar-refractivity contribution < 1.29 is 29.4 Å². The first-order valence-corrected chi connectivity index (χ1v) is 26.0. The van der Waals surface area contributed by atoms with Gasteiger partial charge in [-0.3, -0.25) is 9.59 Å². The second kappa shape index (κ2) is 27.4. The lowest BCUT2D eigenvalue weighted by Crippen LogP contribution is -2.41. The zero-order valence-electron chi connectivity index (χ0n) is 37.1. The average molecular weight is 961 g/mol. The van der Waals surface area contributed by atoms with Crippen LogP contribution in [0.1, 0.15) is 68.7 Å². The number of hydrogen-bond donors (Lipinski definition) is 10. The zero-order valence-corrected chi connectivity index (χ0v) is 40.6. The highest BCUT2D eigenvalue weighted by molar-refractivity contribution is 7.98. The Hall–Kier alpha value is -4.32. The molecule has 2 saturated heterocycles. The largest absolute Gasteiger partial charge is 0.480 e. The normalized spacial score (nSPS) is 18.7. The van der Waals surface area contributed by atoms with Gasteiger partial charge < -0.3 is 42.1 Å². The molecule has 2 amide bonds. The number of thioether (sulfide) groups is 2. The molecule has 4 aromatic rings. The molecule has 2 fully saturated rings. The molecule has 0 radical (unpaired) electrons. The van der Waals surface area contributed by atoms with Crippen LogP contribution in [0.15, 0.2) is 97.1 Å². The predicted octanol–water partition coefficient (Wildman–Crippen LogP) is 6.77. The highest BCUT2D eigenvalue weighted by atomic mass is 32.2. The third-order valence-electron chi connectivity index (χ3n) is 11.6. The third kappa shape index (κ3) is 16.8. The molecular formula is C49H64N6O6S4. The molecule has 2 heterocycles. The van der Waals surface area contributed by atoms with Crippen LogP contribution in [0.5, 0.6) is 0 Å². The van der Waals surface area contributed by atoms with Crippen LogP contribution in [0.4, 0.5) is 11.4 Å². The Morgan fingerprint density at radius 1 is 0.631 bits per heavy atom. The summed E-state index contributed by atoms with van der Waals surface area (Å²) in [5.74, 6) is -1.41. The lowest BCUT2D eigenvalue weighted by atomic mass is 9.98. The van der Waals surface area contributed by atoms with Crippen molar-refractivity contribution in [1.29, 1.82) is 0 Å². The van der Waals surface area contributed by atoms with Gasteiger partial charge in [0.05, 0.1) is 0 Å². The smallest absolute Gasteiger partial charge is 0.326 e. The first-order valence-electron chi connectivity index (χ1n) is 22.1. The molecule has 4 unspecified atom stereocenters. The summed E-state index contributed by atoms with van der Waals surface area (Å²) in [5.41, 5.74) is 6.74.